The quantitative estimate of drug-likeness (QED) is 0.863. The van der Waals surface area contributed by atoms with E-state index in [9.17, 15) is 4.79 Å². The largest absolute Gasteiger partial charge is 0.386 e. The molecule has 6 heteroatoms. The lowest BCUT2D eigenvalue weighted by molar-refractivity contribution is 0.0766. The van der Waals surface area contributed by atoms with E-state index in [1.54, 1.807) is 6.20 Å². The van der Waals surface area contributed by atoms with Gasteiger partial charge in [-0.15, -0.1) is 0 Å². The molecule has 0 saturated carbocycles. The molecule has 0 unspecified atom stereocenters. The number of anilines is 1. The molecule has 0 bridgehead atoms. The van der Waals surface area contributed by atoms with Crippen LogP contribution in [-0.4, -0.2) is 49.4 Å². The highest BCUT2D eigenvalue weighted by Crippen LogP contribution is 2.28. The maximum atomic E-state index is 12.8. The van der Waals surface area contributed by atoms with Gasteiger partial charge in [0.1, 0.15) is 5.84 Å². The van der Waals surface area contributed by atoms with Crippen LogP contribution in [0.5, 0.6) is 0 Å². The standard InChI is InChI=1S/C22H25N5O/c23-21-16-27(19-5-2-1-3-6-19)20(15-25-21)17-7-9-18(10-8-17)22(28)26-13-4-11-24-12-14-26/h1-3,5-10,15,24H,4,11-14,16H2,(H2,23,25). The van der Waals surface area contributed by atoms with Gasteiger partial charge in [0, 0.05) is 30.9 Å². The van der Waals surface area contributed by atoms with Crippen LogP contribution in [0.2, 0.25) is 0 Å². The van der Waals surface area contributed by atoms with Crippen LogP contribution in [0.25, 0.3) is 5.70 Å². The lowest BCUT2D eigenvalue weighted by Gasteiger charge is -2.29. The molecule has 0 spiro atoms. The first kappa shape index (κ1) is 18.3. The molecule has 6 nitrogen and oxygen atoms in total. The SMILES string of the molecule is NC1=NC=C(c2ccc(C(=O)N3CCCNCC3)cc2)N(c2ccccc2)C1. The molecule has 0 radical (unpaired) electrons. The zero-order valence-corrected chi connectivity index (χ0v) is 15.8. The summed E-state index contributed by atoms with van der Waals surface area (Å²) < 4.78 is 0. The van der Waals surface area contributed by atoms with E-state index in [4.69, 9.17) is 5.73 Å². The van der Waals surface area contributed by atoms with E-state index in [-0.39, 0.29) is 5.91 Å². The van der Waals surface area contributed by atoms with Crippen molar-refractivity contribution in [1.29, 1.82) is 0 Å². The third kappa shape index (κ3) is 3.92. The Morgan fingerprint density at radius 3 is 2.57 bits per heavy atom. The maximum Gasteiger partial charge on any atom is 0.253 e. The van der Waals surface area contributed by atoms with E-state index in [1.807, 2.05) is 47.4 Å². The highest BCUT2D eigenvalue weighted by atomic mass is 16.2. The number of hydrogen-bond acceptors (Lipinski definition) is 5. The molecule has 1 fully saturated rings. The van der Waals surface area contributed by atoms with E-state index in [1.165, 1.54) is 0 Å². The molecular weight excluding hydrogens is 350 g/mol. The second kappa shape index (κ2) is 8.27. The topological polar surface area (TPSA) is 74.0 Å². The van der Waals surface area contributed by atoms with Crippen molar-refractivity contribution < 1.29 is 4.79 Å². The number of carbonyl (C=O) groups excluding carboxylic acids is 1. The van der Waals surface area contributed by atoms with Gasteiger partial charge in [-0.25, -0.2) is 4.99 Å². The molecule has 0 atom stereocenters. The number of rotatable bonds is 3. The summed E-state index contributed by atoms with van der Waals surface area (Å²) in [5, 5.41) is 3.33. The minimum absolute atomic E-state index is 0.0926. The number of nitrogens with one attached hydrogen (secondary N) is 1. The van der Waals surface area contributed by atoms with Gasteiger partial charge in [0.15, 0.2) is 0 Å². The van der Waals surface area contributed by atoms with Gasteiger partial charge in [-0.05, 0) is 42.8 Å². The molecule has 2 aromatic carbocycles. The van der Waals surface area contributed by atoms with Gasteiger partial charge in [-0.3, -0.25) is 4.79 Å². The molecule has 4 rings (SSSR count). The van der Waals surface area contributed by atoms with Gasteiger partial charge < -0.3 is 20.9 Å². The van der Waals surface area contributed by atoms with Gasteiger partial charge in [0.05, 0.1) is 18.4 Å². The molecule has 0 aromatic heterocycles. The zero-order valence-electron chi connectivity index (χ0n) is 15.8. The van der Waals surface area contributed by atoms with Crippen LogP contribution in [0, 0.1) is 0 Å². The van der Waals surface area contributed by atoms with Crippen molar-refractivity contribution in [3.8, 4) is 0 Å². The van der Waals surface area contributed by atoms with E-state index in [0.29, 0.717) is 12.4 Å². The first-order valence-electron chi connectivity index (χ1n) is 9.68. The average molecular weight is 375 g/mol. The minimum atomic E-state index is 0.0926. The number of carbonyl (C=O) groups is 1. The van der Waals surface area contributed by atoms with E-state index in [0.717, 1.165) is 55.1 Å². The number of hydrogen-bond donors (Lipinski definition) is 2. The molecule has 2 aliphatic heterocycles. The summed E-state index contributed by atoms with van der Waals surface area (Å²) in [6, 6.07) is 17.9. The van der Waals surface area contributed by atoms with E-state index >= 15 is 0 Å². The Morgan fingerprint density at radius 2 is 1.79 bits per heavy atom. The fourth-order valence-electron chi connectivity index (χ4n) is 3.59. The fraction of sp³-hybridized carbons (Fsp3) is 0.273. The van der Waals surface area contributed by atoms with Gasteiger partial charge in [-0.1, -0.05) is 30.3 Å². The normalized spacial score (nSPS) is 17.6. The summed E-state index contributed by atoms with van der Waals surface area (Å²) in [6.45, 7) is 3.91. The first-order valence-corrected chi connectivity index (χ1v) is 9.68. The van der Waals surface area contributed by atoms with Crippen molar-refractivity contribution in [2.75, 3.05) is 37.6 Å². The zero-order chi connectivity index (χ0) is 19.3. The van der Waals surface area contributed by atoms with Crippen LogP contribution in [0.4, 0.5) is 5.69 Å². The molecule has 1 amide bonds. The van der Waals surface area contributed by atoms with Crippen LogP contribution in [-0.2, 0) is 0 Å². The molecule has 1 saturated heterocycles. The third-order valence-corrected chi connectivity index (χ3v) is 5.09. The van der Waals surface area contributed by atoms with Gasteiger partial charge in [0.25, 0.3) is 5.91 Å². The van der Waals surface area contributed by atoms with E-state index in [2.05, 4.69) is 27.3 Å². The summed E-state index contributed by atoms with van der Waals surface area (Å²) in [5.41, 5.74) is 9.73. The Morgan fingerprint density at radius 1 is 1.00 bits per heavy atom. The highest BCUT2D eigenvalue weighted by molar-refractivity contribution is 5.97. The number of para-hydroxylation sites is 1. The lowest BCUT2D eigenvalue weighted by atomic mass is 10.1. The Labute approximate surface area is 165 Å². The van der Waals surface area contributed by atoms with Gasteiger partial charge in [-0.2, -0.15) is 0 Å². The van der Waals surface area contributed by atoms with Gasteiger partial charge >= 0.3 is 0 Å². The number of amides is 1. The number of aliphatic imine (C=N–C) groups is 1. The molecule has 2 aliphatic rings. The lowest BCUT2D eigenvalue weighted by Crippen LogP contribution is -2.35. The number of nitrogens with zero attached hydrogens (tertiary/aromatic N) is 3. The van der Waals surface area contributed by atoms with Crippen molar-refractivity contribution in [2.24, 2.45) is 10.7 Å². The summed E-state index contributed by atoms with van der Waals surface area (Å²) in [5.74, 6) is 0.671. The monoisotopic (exact) mass is 375 g/mol. The average Bonchev–Trinajstić information content (AvgIpc) is 3.04. The molecule has 3 N–H and O–H groups in total. The molecule has 2 aromatic rings. The second-order valence-corrected chi connectivity index (χ2v) is 7.03. The molecule has 28 heavy (non-hydrogen) atoms. The molecule has 2 heterocycles. The van der Waals surface area contributed by atoms with Crippen molar-refractivity contribution in [2.45, 2.75) is 6.42 Å². The van der Waals surface area contributed by atoms with Crippen molar-refractivity contribution >= 4 is 23.1 Å². The molecule has 144 valence electrons. The fourth-order valence-corrected chi connectivity index (χ4v) is 3.59. The number of amidine groups is 1. The summed E-state index contributed by atoms with van der Waals surface area (Å²) in [7, 11) is 0. The summed E-state index contributed by atoms with van der Waals surface area (Å²) in [4.78, 5) is 21.2. The third-order valence-electron chi connectivity index (χ3n) is 5.09. The Kier molecular flexibility index (Phi) is 5.39. The van der Waals surface area contributed by atoms with Crippen LogP contribution >= 0.6 is 0 Å². The number of benzene rings is 2. The first-order chi connectivity index (χ1) is 13.7. The minimum Gasteiger partial charge on any atom is -0.386 e. The van der Waals surface area contributed by atoms with Crippen molar-refractivity contribution in [3.63, 3.8) is 0 Å². The summed E-state index contributed by atoms with van der Waals surface area (Å²) in [6.07, 6.45) is 2.78. The predicted molar refractivity (Wildman–Crippen MR) is 113 cm³/mol. The van der Waals surface area contributed by atoms with Crippen LogP contribution < -0.4 is 16.0 Å². The van der Waals surface area contributed by atoms with Crippen molar-refractivity contribution in [3.05, 3.63) is 71.9 Å². The molecular formula is C22H25N5O. The van der Waals surface area contributed by atoms with E-state index < -0.39 is 0 Å². The smallest absolute Gasteiger partial charge is 0.253 e. The van der Waals surface area contributed by atoms with Gasteiger partial charge in [0.2, 0.25) is 0 Å². The maximum absolute atomic E-state index is 12.8. The summed E-state index contributed by atoms with van der Waals surface area (Å²) >= 11 is 0. The predicted octanol–water partition coefficient (Wildman–Crippen LogP) is 2.30. The number of nitrogens with two attached hydrogens (primary N) is 1. The van der Waals surface area contributed by atoms with Crippen LogP contribution in [0.3, 0.4) is 0 Å². The Bertz CT molecular complexity index is 881. The Hall–Kier alpha value is -3.12. The second-order valence-electron chi connectivity index (χ2n) is 7.03. The van der Waals surface area contributed by atoms with Crippen molar-refractivity contribution in [1.82, 2.24) is 10.2 Å². The van der Waals surface area contributed by atoms with Crippen LogP contribution in [0.15, 0.2) is 65.8 Å². The molecule has 0 aliphatic carbocycles. The highest BCUT2D eigenvalue weighted by Gasteiger charge is 2.20. The van der Waals surface area contributed by atoms with Crippen LogP contribution in [0.1, 0.15) is 22.3 Å². The Balaban J connectivity index is 1.57.